The molecule has 12 heteroatoms. The second-order valence-electron chi connectivity index (χ2n) is 5.66. The third-order valence-corrected chi connectivity index (χ3v) is 5.25. The quantitative estimate of drug-likeness (QED) is 0.692. The standard InChI is InChI=1S/C15H13F3N4O4S/c1-8-12(7-19)14(13(24)20-8,15(16,17)18)22-27(25,26)11-5-3-10(4-6-11)21-9(2)23/h3-6,12,22H,1H2,2H3,(H,20,24)(H,21,23)/t12-,14+/m0/s1. The minimum absolute atomic E-state index is 0.217. The summed E-state index contributed by atoms with van der Waals surface area (Å²) in [6.45, 7) is 4.39. The molecule has 8 nitrogen and oxygen atoms in total. The molecule has 0 aliphatic carbocycles. The first-order chi connectivity index (χ1) is 12.3. The number of nitrogens with one attached hydrogen (secondary N) is 3. The molecule has 1 aromatic carbocycles. The number of carbonyl (C=O) groups is 2. The lowest BCUT2D eigenvalue weighted by atomic mass is 9.86. The predicted octanol–water partition coefficient (Wildman–Crippen LogP) is 1.01. The highest BCUT2D eigenvalue weighted by atomic mass is 32.2. The average molecular weight is 402 g/mol. The Labute approximate surface area is 152 Å². The van der Waals surface area contributed by atoms with Crippen molar-refractivity contribution in [2.45, 2.75) is 23.5 Å². The first-order valence-electron chi connectivity index (χ1n) is 7.23. The molecule has 1 saturated heterocycles. The van der Waals surface area contributed by atoms with E-state index in [0.717, 1.165) is 24.3 Å². The van der Waals surface area contributed by atoms with Gasteiger partial charge in [-0.2, -0.15) is 23.2 Å². The molecular formula is C15H13F3N4O4S. The number of rotatable bonds is 4. The maximum absolute atomic E-state index is 13.7. The van der Waals surface area contributed by atoms with E-state index in [2.05, 4.69) is 11.9 Å². The van der Waals surface area contributed by atoms with Crippen LogP contribution in [0.2, 0.25) is 0 Å². The Morgan fingerprint density at radius 1 is 1.33 bits per heavy atom. The van der Waals surface area contributed by atoms with E-state index < -0.39 is 50.1 Å². The lowest BCUT2D eigenvalue weighted by Crippen LogP contribution is -2.66. The maximum Gasteiger partial charge on any atom is 0.418 e. The lowest BCUT2D eigenvalue weighted by molar-refractivity contribution is -0.195. The molecule has 2 rings (SSSR count). The normalized spacial score (nSPS) is 22.9. The van der Waals surface area contributed by atoms with Crippen molar-refractivity contribution in [2.75, 3.05) is 5.32 Å². The van der Waals surface area contributed by atoms with Crippen LogP contribution >= 0.6 is 0 Å². The number of benzene rings is 1. The smallest absolute Gasteiger partial charge is 0.327 e. The Bertz CT molecular complexity index is 951. The van der Waals surface area contributed by atoms with E-state index >= 15 is 0 Å². The van der Waals surface area contributed by atoms with Gasteiger partial charge in [-0.15, -0.1) is 0 Å². The lowest BCUT2D eigenvalue weighted by Gasteiger charge is -2.31. The Kier molecular flexibility index (Phi) is 5.04. The summed E-state index contributed by atoms with van der Waals surface area (Å²) in [5.41, 5.74) is -4.06. The van der Waals surface area contributed by atoms with Gasteiger partial charge in [-0.1, -0.05) is 6.58 Å². The first kappa shape index (κ1) is 20.4. The van der Waals surface area contributed by atoms with Crippen LogP contribution in [0.4, 0.5) is 18.9 Å². The molecule has 1 fully saturated rings. The number of anilines is 1. The van der Waals surface area contributed by atoms with E-state index in [1.165, 1.54) is 17.7 Å². The van der Waals surface area contributed by atoms with Gasteiger partial charge in [-0.05, 0) is 24.3 Å². The van der Waals surface area contributed by atoms with Gasteiger partial charge in [0.15, 0.2) is 0 Å². The molecular weight excluding hydrogens is 389 g/mol. The Morgan fingerprint density at radius 3 is 2.33 bits per heavy atom. The third kappa shape index (κ3) is 3.51. The van der Waals surface area contributed by atoms with Crippen LogP contribution in [0.25, 0.3) is 0 Å². The monoisotopic (exact) mass is 402 g/mol. The van der Waals surface area contributed by atoms with E-state index in [0.29, 0.717) is 0 Å². The summed E-state index contributed by atoms with van der Waals surface area (Å²) in [6, 6.07) is 5.48. The van der Waals surface area contributed by atoms with Gasteiger partial charge in [0.25, 0.3) is 5.91 Å². The van der Waals surface area contributed by atoms with Crippen molar-refractivity contribution in [1.82, 2.24) is 10.0 Å². The largest absolute Gasteiger partial charge is 0.418 e. The molecule has 1 aliphatic heterocycles. The van der Waals surface area contributed by atoms with Gasteiger partial charge < -0.3 is 10.6 Å². The molecule has 1 aromatic rings. The molecule has 0 spiro atoms. The summed E-state index contributed by atoms with van der Waals surface area (Å²) >= 11 is 0. The number of nitrogens with zero attached hydrogens (tertiary/aromatic N) is 1. The van der Waals surface area contributed by atoms with Crippen LogP contribution in [0.1, 0.15) is 6.92 Å². The number of halogens is 3. The van der Waals surface area contributed by atoms with Crippen molar-refractivity contribution < 1.29 is 31.2 Å². The van der Waals surface area contributed by atoms with Crippen LogP contribution < -0.4 is 15.4 Å². The number of hydrogen-bond donors (Lipinski definition) is 3. The number of carbonyl (C=O) groups excluding carboxylic acids is 2. The molecule has 0 aromatic heterocycles. The van der Waals surface area contributed by atoms with Gasteiger partial charge in [-0.3, -0.25) is 9.59 Å². The number of amides is 2. The fraction of sp³-hybridized carbons (Fsp3) is 0.267. The summed E-state index contributed by atoms with van der Waals surface area (Å²) in [5, 5.41) is 13.2. The van der Waals surface area contributed by atoms with Crippen molar-refractivity contribution in [3.8, 4) is 6.07 Å². The molecule has 0 saturated carbocycles. The van der Waals surface area contributed by atoms with Crippen LogP contribution in [0.15, 0.2) is 41.4 Å². The highest BCUT2D eigenvalue weighted by Crippen LogP contribution is 2.43. The van der Waals surface area contributed by atoms with Gasteiger partial charge in [0, 0.05) is 18.3 Å². The molecule has 0 radical (unpaired) electrons. The zero-order valence-electron chi connectivity index (χ0n) is 13.7. The second kappa shape index (κ2) is 6.67. The van der Waals surface area contributed by atoms with Crippen molar-refractivity contribution in [3.63, 3.8) is 0 Å². The number of hydrogen-bond acceptors (Lipinski definition) is 5. The molecule has 2 atom stereocenters. The summed E-state index contributed by atoms with van der Waals surface area (Å²) in [4.78, 5) is 22.4. The Hall–Kier alpha value is -2.91. The predicted molar refractivity (Wildman–Crippen MR) is 86.2 cm³/mol. The summed E-state index contributed by atoms with van der Waals surface area (Å²) in [6.07, 6.45) is -5.42. The maximum atomic E-state index is 13.7. The average Bonchev–Trinajstić information content (AvgIpc) is 2.77. The fourth-order valence-electron chi connectivity index (χ4n) is 2.53. The molecule has 27 heavy (non-hydrogen) atoms. The zero-order valence-corrected chi connectivity index (χ0v) is 14.5. The molecule has 0 bridgehead atoms. The minimum atomic E-state index is -5.42. The number of nitriles is 1. The van der Waals surface area contributed by atoms with Gasteiger partial charge in [0.2, 0.25) is 21.5 Å². The molecule has 1 heterocycles. The van der Waals surface area contributed by atoms with E-state index in [9.17, 15) is 31.2 Å². The van der Waals surface area contributed by atoms with Gasteiger partial charge in [0.1, 0.15) is 5.92 Å². The van der Waals surface area contributed by atoms with Crippen molar-refractivity contribution in [1.29, 1.82) is 5.26 Å². The topological polar surface area (TPSA) is 128 Å². The highest BCUT2D eigenvalue weighted by Gasteiger charge is 2.71. The fourth-order valence-corrected chi connectivity index (χ4v) is 3.89. The Balaban J connectivity index is 2.49. The van der Waals surface area contributed by atoms with E-state index in [1.807, 2.05) is 0 Å². The molecule has 3 N–H and O–H groups in total. The van der Waals surface area contributed by atoms with Crippen LogP contribution in [0, 0.1) is 17.2 Å². The first-order valence-corrected chi connectivity index (χ1v) is 8.71. The number of alkyl halides is 3. The Morgan fingerprint density at radius 2 is 1.89 bits per heavy atom. The van der Waals surface area contributed by atoms with Crippen molar-refractivity contribution in [2.24, 2.45) is 5.92 Å². The van der Waals surface area contributed by atoms with E-state index in [4.69, 9.17) is 5.26 Å². The van der Waals surface area contributed by atoms with Crippen LogP contribution in [0.3, 0.4) is 0 Å². The van der Waals surface area contributed by atoms with E-state index in [1.54, 1.807) is 5.32 Å². The van der Waals surface area contributed by atoms with Crippen LogP contribution in [-0.2, 0) is 19.6 Å². The SMILES string of the molecule is C=C1NC(=O)[C@@](NS(=O)(=O)c2ccc(NC(C)=O)cc2)(C(F)(F)F)[C@H]1C#N. The van der Waals surface area contributed by atoms with E-state index in [-0.39, 0.29) is 5.69 Å². The molecule has 2 amide bonds. The molecule has 144 valence electrons. The third-order valence-electron chi connectivity index (χ3n) is 3.77. The van der Waals surface area contributed by atoms with Gasteiger partial charge in [-0.25, -0.2) is 8.42 Å². The summed E-state index contributed by atoms with van der Waals surface area (Å²) < 4.78 is 67.4. The van der Waals surface area contributed by atoms with Crippen molar-refractivity contribution in [3.05, 3.63) is 36.5 Å². The van der Waals surface area contributed by atoms with Crippen LogP contribution in [-0.4, -0.2) is 31.9 Å². The highest BCUT2D eigenvalue weighted by molar-refractivity contribution is 7.89. The van der Waals surface area contributed by atoms with Crippen LogP contribution in [0.5, 0.6) is 0 Å². The number of sulfonamides is 1. The molecule has 0 unspecified atom stereocenters. The van der Waals surface area contributed by atoms with Gasteiger partial charge in [0.05, 0.1) is 11.0 Å². The second-order valence-corrected chi connectivity index (χ2v) is 7.34. The minimum Gasteiger partial charge on any atom is -0.327 e. The summed E-state index contributed by atoms with van der Waals surface area (Å²) in [7, 11) is -4.87. The zero-order chi connectivity index (χ0) is 20.6. The molecule has 1 aliphatic rings. The van der Waals surface area contributed by atoms with Gasteiger partial charge >= 0.3 is 6.18 Å². The summed E-state index contributed by atoms with van der Waals surface area (Å²) in [5.74, 6) is -4.37. The van der Waals surface area contributed by atoms with Crippen molar-refractivity contribution >= 4 is 27.5 Å².